The normalized spacial score (nSPS) is 11.8. The number of benzene rings is 2. The Morgan fingerprint density at radius 2 is 1.45 bits per heavy atom. The van der Waals surface area contributed by atoms with E-state index in [9.17, 15) is 0 Å². The Balaban J connectivity index is 2.41. The van der Waals surface area contributed by atoms with Gasteiger partial charge >= 0.3 is 0 Å². The molecule has 0 bridgehead atoms. The smallest absolute Gasteiger partial charge is 0.134 e. The number of hydrogen-bond acceptors (Lipinski definition) is 1. The maximum absolute atomic E-state index is 6.17. The summed E-state index contributed by atoms with van der Waals surface area (Å²) in [7, 11) is 0. The van der Waals surface area contributed by atoms with Gasteiger partial charge < -0.3 is 4.74 Å². The highest BCUT2D eigenvalue weighted by atomic mass is 16.5. The zero-order chi connectivity index (χ0) is 14.6. The fourth-order valence-corrected chi connectivity index (χ4v) is 2.18. The molecule has 0 radical (unpaired) electrons. The van der Waals surface area contributed by atoms with Crippen molar-refractivity contribution < 1.29 is 4.74 Å². The van der Waals surface area contributed by atoms with Crippen molar-refractivity contribution in [3.05, 3.63) is 65.7 Å². The number of allylic oxidation sites excluding steroid dienone is 1. The molecule has 0 heterocycles. The van der Waals surface area contributed by atoms with Gasteiger partial charge in [-0.2, -0.15) is 0 Å². The van der Waals surface area contributed by atoms with E-state index in [1.807, 2.05) is 43.3 Å². The molecule has 0 spiro atoms. The summed E-state index contributed by atoms with van der Waals surface area (Å²) in [6.07, 6.45) is 4.09. The van der Waals surface area contributed by atoms with Crippen LogP contribution in [0.2, 0.25) is 0 Å². The summed E-state index contributed by atoms with van der Waals surface area (Å²) in [6.45, 7) is 8.62. The topological polar surface area (TPSA) is 9.23 Å². The predicted octanol–water partition coefficient (Wildman–Crippen LogP) is 5.81. The molecule has 0 aliphatic rings. The summed E-state index contributed by atoms with van der Waals surface area (Å²) >= 11 is 0. The van der Waals surface area contributed by atoms with Crippen molar-refractivity contribution in [3.63, 3.8) is 0 Å². The predicted molar refractivity (Wildman–Crippen MR) is 86.4 cm³/mol. The van der Waals surface area contributed by atoms with Gasteiger partial charge in [-0.3, -0.25) is 0 Å². The Morgan fingerprint density at radius 3 is 2.10 bits per heavy atom. The first-order chi connectivity index (χ1) is 9.52. The van der Waals surface area contributed by atoms with Gasteiger partial charge in [0.15, 0.2) is 0 Å². The van der Waals surface area contributed by atoms with Crippen LogP contribution in [0.5, 0.6) is 11.5 Å². The van der Waals surface area contributed by atoms with E-state index in [2.05, 4.69) is 45.0 Å². The van der Waals surface area contributed by atoms with Gasteiger partial charge in [0.1, 0.15) is 11.5 Å². The Bertz CT molecular complexity index is 603. The number of ether oxygens (including phenoxy) is 1. The lowest BCUT2D eigenvalue weighted by molar-refractivity contribution is 0.454. The van der Waals surface area contributed by atoms with E-state index in [1.165, 1.54) is 5.56 Å². The van der Waals surface area contributed by atoms with Crippen molar-refractivity contribution in [2.45, 2.75) is 33.1 Å². The fraction of sp³-hybridized carbons (Fsp3) is 0.263. The molecule has 20 heavy (non-hydrogen) atoms. The first-order valence-corrected chi connectivity index (χ1v) is 7.01. The van der Waals surface area contributed by atoms with E-state index in [1.54, 1.807) is 0 Å². The van der Waals surface area contributed by atoms with Gasteiger partial charge in [-0.1, -0.05) is 69.3 Å². The maximum atomic E-state index is 6.17. The third-order valence-corrected chi connectivity index (χ3v) is 3.18. The van der Waals surface area contributed by atoms with Crippen LogP contribution in [0, 0.1) is 0 Å². The minimum Gasteiger partial charge on any atom is -0.456 e. The number of para-hydroxylation sites is 2. The maximum Gasteiger partial charge on any atom is 0.134 e. The van der Waals surface area contributed by atoms with Crippen LogP contribution in [0.4, 0.5) is 0 Å². The van der Waals surface area contributed by atoms with Gasteiger partial charge in [0.05, 0.1) is 0 Å². The van der Waals surface area contributed by atoms with Crippen molar-refractivity contribution in [2.24, 2.45) is 0 Å². The van der Waals surface area contributed by atoms with Gasteiger partial charge in [-0.25, -0.2) is 0 Å². The zero-order valence-corrected chi connectivity index (χ0v) is 12.7. The van der Waals surface area contributed by atoms with Crippen LogP contribution in [-0.2, 0) is 5.41 Å². The molecule has 0 aromatic heterocycles. The summed E-state index contributed by atoms with van der Waals surface area (Å²) in [5.41, 5.74) is 2.38. The van der Waals surface area contributed by atoms with Gasteiger partial charge in [-0.15, -0.1) is 0 Å². The molecule has 0 amide bonds. The molecule has 1 heteroatoms. The Morgan fingerprint density at radius 1 is 0.850 bits per heavy atom. The van der Waals surface area contributed by atoms with Crippen LogP contribution in [0.3, 0.4) is 0 Å². The first-order valence-electron chi connectivity index (χ1n) is 7.01. The highest BCUT2D eigenvalue weighted by Gasteiger charge is 2.19. The van der Waals surface area contributed by atoms with Gasteiger partial charge in [0.2, 0.25) is 0 Å². The lowest BCUT2D eigenvalue weighted by Crippen LogP contribution is -2.12. The van der Waals surface area contributed by atoms with Crippen LogP contribution in [0.1, 0.15) is 38.8 Å². The van der Waals surface area contributed by atoms with Gasteiger partial charge in [-0.05, 0) is 24.5 Å². The first kappa shape index (κ1) is 14.4. The lowest BCUT2D eigenvalue weighted by Gasteiger charge is -2.23. The fourth-order valence-electron chi connectivity index (χ4n) is 2.18. The molecule has 2 aromatic rings. The lowest BCUT2D eigenvalue weighted by atomic mass is 9.86. The standard InChI is InChI=1S/C19H22O/c1-5-10-15-11-6-8-13-17(15)20-18-14-9-7-12-16(18)19(2,3)4/h5-14H,1-4H3. The second-order valence-corrected chi connectivity index (χ2v) is 5.89. The van der Waals surface area contributed by atoms with E-state index in [0.29, 0.717) is 0 Å². The quantitative estimate of drug-likeness (QED) is 0.681. The molecular formula is C19H22O. The van der Waals surface area contributed by atoms with Crippen molar-refractivity contribution in [1.82, 2.24) is 0 Å². The zero-order valence-electron chi connectivity index (χ0n) is 12.7. The van der Waals surface area contributed by atoms with Crippen LogP contribution < -0.4 is 4.74 Å². The molecule has 0 fully saturated rings. The van der Waals surface area contributed by atoms with Crippen molar-refractivity contribution in [1.29, 1.82) is 0 Å². The highest BCUT2D eigenvalue weighted by Crippen LogP contribution is 2.35. The molecule has 0 aliphatic heterocycles. The summed E-state index contributed by atoms with van der Waals surface area (Å²) in [5.74, 6) is 1.82. The van der Waals surface area contributed by atoms with Gasteiger partial charge in [0.25, 0.3) is 0 Å². The average molecular weight is 266 g/mol. The SMILES string of the molecule is CC=Cc1ccccc1Oc1ccccc1C(C)(C)C. The minimum atomic E-state index is 0.0616. The van der Waals surface area contributed by atoms with Crippen molar-refractivity contribution in [2.75, 3.05) is 0 Å². The highest BCUT2D eigenvalue weighted by molar-refractivity contribution is 5.58. The molecule has 0 atom stereocenters. The summed E-state index contributed by atoms with van der Waals surface area (Å²) in [4.78, 5) is 0. The Hall–Kier alpha value is -2.02. The molecule has 104 valence electrons. The van der Waals surface area contributed by atoms with E-state index in [0.717, 1.165) is 17.1 Å². The molecule has 2 aromatic carbocycles. The molecule has 1 nitrogen and oxygen atoms in total. The summed E-state index contributed by atoms with van der Waals surface area (Å²) in [6, 6.07) is 16.3. The van der Waals surface area contributed by atoms with Crippen LogP contribution in [0.25, 0.3) is 6.08 Å². The minimum absolute atomic E-state index is 0.0616. The Kier molecular flexibility index (Phi) is 4.29. The third-order valence-electron chi connectivity index (χ3n) is 3.18. The molecule has 0 unspecified atom stereocenters. The second kappa shape index (κ2) is 5.96. The monoisotopic (exact) mass is 266 g/mol. The van der Waals surface area contributed by atoms with E-state index < -0.39 is 0 Å². The van der Waals surface area contributed by atoms with E-state index in [-0.39, 0.29) is 5.41 Å². The molecule has 2 rings (SSSR count). The Labute approximate surface area is 121 Å². The van der Waals surface area contributed by atoms with E-state index in [4.69, 9.17) is 4.74 Å². The van der Waals surface area contributed by atoms with Crippen LogP contribution in [0.15, 0.2) is 54.6 Å². The van der Waals surface area contributed by atoms with Crippen molar-refractivity contribution >= 4 is 6.08 Å². The van der Waals surface area contributed by atoms with E-state index >= 15 is 0 Å². The average Bonchev–Trinajstić information content (AvgIpc) is 2.41. The third kappa shape index (κ3) is 3.30. The largest absolute Gasteiger partial charge is 0.456 e. The number of rotatable bonds is 3. The molecular weight excluding hydrogens is 244 g/mol. The van der Waals surface area contributed by atoms with Crippen LogP contribution >= 0.6 is 0 Å². The van der Waals surface area contributed by atoms with Crippen LogP contribution in [-0.4, -0.2) is 0 Å². The van der Waals surface area contributed by atoms with Gasteiger partial charge in [0, 0.05) is 11.1 Å². The molecule has 0 saturated heterocycles. The molecule has 0 saturated carbocycles. The summed E-state index contributed by atoms with van der Waals surface area (Å²) in [5, 5.41) is 0. The summed E-state index contributed by atoms with van der Waals surface area (Å²) < 4.78 is 6.17. The second-order valence-electron chi connectivity index (χ2n) is 5.89. The molecule has 0 N–H and O–H groups in total. The number of hydrogen-bond donors (Lipinski definition) is 0. The molecule has 0 aliphatic carbocycles. The van der Waals surface area contributed by atoms with Crippen molar-refractivity contribution in [3.8, 4) is 11.5 Å².